The lowest BCUT2D eigenvalue weighted by Crippen LogP contribution is -2.03. The number of thiophene rings is 1. The summed E-state index contributed by atoms with van der Waals surface area (Å²) in [5.74, 6) is -0.0721. The molecule has 0 bridgehead atoms. The molecule has 5 heteroatoms. The Hall–Kier alpha value is -1.36. The minimum absolute atomic E-state index is 0.0721. The summed E-state index contributed by atoms with van der Waals surface area (Å²) in [5, 5.41) is 7.10. The number of oxime groups is 1. The molecule has 0 aliphatic heterocycles. The van der Waals surface area contributed by atoms with E-state index in [1.807, 2.05) is 12.1 Å². The van der Waals surface area contributed by atoms with Gasteiger partial charge in [0, 0.05) is 6.92 Å². The molecule has 1 aromatic rings. The molecule has 0 atom stereocenters. The lowest BCUT2D eigenvalue weighted by molar-refractivity contribution is -0.114. The minimum atomic E-state index is -0.0721. The first-order valence-electron chi connectivity index (χ1n) is 3.66. The van der Waals surface area contributed by atoms with Crippen molar-refractivity contribution in [2.45, 2.75) is 6.92 Å². The fourth-order valence-corrected chi connectivity index (χ4v) is 1.58. The average Bonchev–Trinajstić information content (AvgIpc) is 2.48. The van der Waals surface area contributed by atoms with E-state index >= 15 is 0 Å². The predicted molar refractivity (Wildman–Crippen MR) is 53.2 cm³/mol. The molecule has 0 unspecified atom stereocenters. The van der Waals surface area contributed by atoms with Gasteiger partial charge in [0.1, 0.15) is 7.11 Å². The molecule has 0 saturated heterocycles. The molecule has 0 fully saturated rings. The van der Waals surface area contributed by atoms with E-state index in [-0.39, 0.29) is 5.91 Å². The highest BCUT2D eigenvalue weighted by Crippen LogP contribution is 2.19. The lowest BCUT2D eigenvalue weighted by atomic mass is 10.5. The Morgan fingerprint density at radius 3 is 3.08 bits per heavy atom. The molecule has 13 heavy (non-hydrogen) atoms. The second-order valence-electron chi connectivity index (χ2n) is 2.30. The minimum Gasteiger partial charge on any atom is -0.399 e. The quantitative estimate of drug-likeness (QED) is 0.593. The van der Waals surface area contributed by atoms with Crippen LogP contribution in [0.3, 0.4) is 0 Å². The maximum Gasteiger partial charge on any atom is 0.221 e. The summed E-state index contributed by atoms with van der Waals surface area (Å²) in [6.45, 7) is 1.47. The molecule has 0 saturated carbocycles. The summed E-state index contributed by atoms with van der Waals surface area (Å²) in [6.07, 6.45) is 1.59. The van der Waals surface area contributed by atoms with Crippen LogP contribution in [0.4, 0.5) is 5.00 Å². The summed E-state index contributed by atoms with van der Waals surface area (Å²) in [6, 6.07) is 3.68. The van der Waals surface area contributed by atoms with E-state index in [0.717, 1.165) is 9.88 Å². The van der Waals surface area contributed by atoms with Crippen molar-refractivity contribution in [2.24, 2.45) is 5.16 Å². The molecule has 1 amide bonds. The summed E-state index contributed by atoms with van der Waals surface area (Å²) in [5.41, 5.74) is 0. The van der Waals surface area contributed by atoms with Gasteiger partial charge in [-0.25, -0.2) is 0 Å². The first-order chi connectivity index (χ1) is 6.22. The Morgan fingerprint density at radius 1 is 1.69 bits per heavy atom. The number of carbonyl (C=O) groups excluding carboxylic acids is 1. The molecule has 0 aliphatic carbocycles. The fraction of sp³-hybridized carbons (Fsp3) is 0.250. The topological polar surface area (TPSA) is 50.7 Å². The highest BCUT2D eigenvalue weighted by molar-refractivity contribution is 7.17. The zero-order chi connectivity index (χ0) is 9.68. The van der Waals surface area contributed by atoms with Crippen LogP contribution in [-0.4, -0.2) is 19.2 Å². The third-order valence-electron chi connectivity index (χ3n) is 1.21. The number of nitrogens with zero attached hydrogens (tertiary/aromatic N) is 1. The summed E-state index contributed by atoms with van der Waals surface area (Å²) < 4.78 is 0. The second kappa shape index (κ2) is 4.61. The van der Waals surface area contributed by atoms with Crippen LogP contribution < -0.4 is 5.32 Å². The highest BCUT2D eigenvalue weighted by atomic mass is 32.1. The molecule has 1 rings (SSSR count). The van der Waals surface area contributed by atoms with Gasteiger partial charge in [0.05, 0.1) is 16.1 Å². The van der Waals surface area contributed by atoms with Crippen molar-refractivity contribution in [1.82, 2.24) is 0 Å². The van der Waals surface area contributed by atoms with E-state index in [9.17, 15) is 4.79 Å². The van der Waals surface area contributed by atoms with Crippen LogP contribution in [0.15, 0.2) is 17.3 Å². The monoisotopic (exact) mass is 198 g/mol. The average molecular weight is 198 g/mol. The zero-order valence-corrected chi connectivity index (χ0v) is 8.22. The van der Waals surface area contributed by atoms with Crippen LogP contribution in [0.5, 0.6) is 0 Å². The number of amides is 1. The van der Waals surface area contributed by atoms with Crippen LogP contribution >= 0.6 is 11.3 Å². The smallest absolute Gasteiger partial charge is 0.221 e. The Kier molecular flexibility index (Phi) is 3.45. The van der Waals surface area contributed by atoms with Crippen LogP contribution in [0, 0.1) is 0 Å². The van der Waals surface area contributed by atoms with E-state index in [4.69, 9.17) is 0 Å². The summed E-state index contributed by atoms with van der Waals surface area (Å²) >= 11 is 1.44. The molecule has 1 N–H and O–H groups in total. The summed E-state index contributed by atoms with van der Waals surface area (Å²) in [7, 11) is 1.48. The maximum atomic E-state index is 10.7. The van der Waals surface area contributed by atoms with Gasteiger partial charge in [0.25, 0.3) is 0 Å². The number of rotatable bonds is 3. The van der Waals surface area contributed by atoms with Crippen molar-refractivity contribution >= 4 is 28.5 Å². The Morgan fingerprint density at radius 2 is 2.46 bits per heavy atom. The van der Waals surface area contributed by atoms with Gasteiger partial charge in [-0.15, -0.1) is 11.3 Å². The SMILES string of the molecule is CO/N=C/c1ccc(NC(C)=O)s1. The van der Waals surface area contributed by atoms with Gasteiger partial charge in [-0.2, -0.15) is 0 Å². The molecule has 0 aliphatic rings. The van der Waals surface area contributed by atoms with Crippen molar-refractivity contribution < 1.29 is 9.63 Å². The molecule has 4 nitrogen and oxygen atoms in total. The first-order valence-corrected chi connectivity index (χ1v) is 4.48. The van der Waals surface area contributed by atoms with Crippen LogP contribution in [0.25, 0.3) is 0 Å². The number of hydrogen-bond acceptors (Lipinski definition) is 4. The van der Waals surface area contributed by atoms with Gasteiger partial charge >= 0.3 is 0 Å². The maximum absolute atomic E-state index is 10.7. The third-order valence-corrected chi connectivity index (χ3v) is 2.15. The molecule has 0 radical (unpaired) electrons. The lowest BCUT2D eigenvalue weighted by Gasteiger charge is -1.93. The zero-order valence-electron chi connectivity index (χ0n) is 7.40. The van der Waals surface area contributed by atoms with Gasteiger partial charge < -0.3 is 10.2 Å². The van der Waals surface area contributed by atoms with E-state index in [2.05, 4.69) is 15.3 Å². The van der Waals surface area contributed by atoms with Crippen molar-refractivity contribution in [3.63, 3.8) is 0 Å². The third kappa shape index (κ3) is 3.25. The molecule has 0 aromatic carbocycles. The van der Waals surface area contributed by atoms with Gasteiger partial charge in [-0.1, -0.05) is 5.16 Å². The van der Waals surface area contributed by atoms with Gasteiger partial charge in [-0.3, -0.25) is 4.79 Å². The van der Waals surface area contributed by atoms with Crippen LogP contribution in [0.1, 0.15) is 11.8 Å². The van der Waals surface area contributed by atoms with Crippen molar-refractivity contribution in [2.75, 3.05) is 12.4 Å². The van der Waals surface area contributed by atoms with Crippen LogP contribution in [0.2, 0.25) is 0 Å². The van der Waals surface area contributed by atoms with E-state index < -0.39 is 0 Å². The molecule has 70 valence electrons. The molecule has 1 heterocycles. The number of hydrogen-bond donors (Lipinski definition) is 1. The van der Waals surface area contributed by atoms with Gasteiger partial charge in [0.2, 0.25) is 5.91 Å². The molecular formula is C8H10N2O2S. The molecule has 0 spiro atoms. The number of nitrogens with one attached hydrogen (secondary N) is 1. The summed E-state index contributed by atoms with van der Waals surface area (Å²) in [4.78, 5) is 16.1. The Bertz CT molecular complexity index is 320. The van der Waals surface area contributed by atoms with E-state index in [0.29, 0.717) is 0 Å². The van der Waals surface area contributed by atoms with E-state index in [1.165, 1.54) is 25.4 Å². The van der Waals surface area contributed by atoms with Crippen molar-refractivity contribution in [3.05, 3.63) is 17.0 Å². The van der Waals surface area contributed by atoms with Gasteiger partial charge in [-0.05, 0) is 12.1 Å². The normalized spacial score (nSPS) is 10.3. The second-order valence-corrected chi connectivity index (χ2v) is 3.42. The molecular weight excluding hydrogens is 188 g/mol. The number of carbonyl (C=O) groups is 1. The predicted octanol–water partition coefficient (Wildman–Crippen LogP) is 1.69. The molecule has 1 aromatic heterocycles. The fourth-order valence-electron chi connectivity index (χ4n) is 0.768. The highest BCUT2D eigenvalue weighted by Gasteiger charge is 1.98. The largest absolute Gasteiger partial charge is 0.399 e. The van der Waals surface area contributed by atoms with Crippen molar-refractivity contribution in [3.8, 4) is 0 Å². The Labute approximate surface area is 80.2 Å². The Balaban J connectivity index is 2.63. The van der Waals surface area contributed by atoms with E-state index in [1.54, 1.807) is 6.21 Å². The standard InChI is InChI=1S/C8H10N2O2S/c1-6(11)10-8-4-3-7(13-8)5-9-12-2/h3-5H,1-2H3,(H,10,11)/b9-5+. The first kappa shape index (κ1) is 9.73. The number of anilines is 1. The van der Waals surface area contributed by atoms with Crippen LogP contribution in [-0.2, 0) is 9.63 Å². The van der Waals surface area contributed by atoms with Crippen molar-refractivity contribution in [1.29, 1.82) is 0 Å². The van der Waals surface area contributed by atoms with Gasteiger partial charge in [0.15, 0.2) is 0 Å².